The fraction of sp³-hybridized carbons (Fsp3) is 0.320. The highest BCUT2D eigenvalue weighted by atomic mass is 79.9. The van der Waals surface area contributed by atoms with Crippen molar-refractivity contribution in [2.24, 2.45) is 5.92 Å². The monoisotopic (exact) mass is 525 g/mol. The number of benzene rings is 2. The first-order chi connectivity index (χ1) is 16.0. The van der Waals surface area contributed by atoms with Crippen molar-refractivity contribution in [2.75, 3.05) is 25.1 Å². The molecule has 1 aliphatic heterocycles. The van der Waals surface area contributed by atoms with E-state index in [0.717, 1.165) is 63.7 Å². The Morgan fingerprint density at radius 1 is 1.30 bits per heavy atom. The van der Waals surface area contributed by atoms with Crippen LogP contribution in [0.3, 0.4) is 0 Å². The number of piperidine rings is 1. The van der Waals surface area contributed by atoms with Crippen LogP contribution in [0.5, 0.6) is 5.75 Å². The van der Waals surface area contributed by atoms with Gasteiger partial charge in [0.1, 0.15) is 12.4 Å². The molecule has 0 radical (unpaired) electrons. The number of anilines is 1. The fourth-order valence-electron chi connectivity index (χ4n) is 3.98. The minimum absolute atomic E-state index is 0.0284. The van der Waals surface area contributed by atoms with Gasteiger partial charge in [0, 0.05) is 34.1 Å². The van der Waals surface area contributed by atoms with Gasteiger partial charge in [-0.3, -0.25) is 4.79 Å². The lowest BCUT2D eigenvalue weighted by Crippen LogP contribution is -2.36. The van der Waals surface area contributed by atoms with Crippen LogP contribution in [-0.4, -0.2) is 31.2 Å². The average molecular weight is 526 g/mol. The van der Waals surface area contributed by atoms with E-state index in [1.165, 1.54) is 7.11 Å². The molecule has 1 fully saturated rings. The van der Waals surface area contributed by atoms with Crippen molar-refractivity contribution in [3.63, 3.8) is 0 Å². The molecule has 0 atom stereocenters. The highest BCUT2D eigenvalue weighted by molar-refractivity contribution is 9.10. The molecule has 170 valence electrons. The topological polar surface area (TPSA) is 75.4 Å². The zero-order valence-corrected chi connectivity index (χ0v) is 20.9. The molecule has 1 saturated heterocycles. The highest BCUT2D eigenvalue weighted by Gasteiger charge is 2.27. The Labute approximate surface area is 205 Å². The number of esters is 1. The van der Waals surface area contributed by atoms with E-state index < -0.39 is 0 Å². The van der Waals surface area contributed by atoms with Gasteiger partial charge in [-0.2, -0.15) is 5.26 Å². The van der Waals surface area contributed by atoms with Gasteiger partial charge in [0.2, 0.25) is 0 Å². The van der Waals surface area contributed by atoms with Crippen LogP contribution in [0, 0.1) is 24.2 Å². The second kappa shape index (κ2) is 10.4. The van der Waals surface area contributed by atoms with E-state index >= 15 is 0 Å². The van der Waals surface area contributed by atoms with Gasteiger partial charge in [-0.15, -0.1) is 11.3 Å². The molecule has 4 rings (SSSR count). The molecule has 0 unspecified atom stereocenters. The number of halogens is 1. The normalized spacial score (nSPS) is 14.1. The molecule has 3 aromatic rings. The quantitative estimate of drug-likeness (QED) is 0.383. The number of nitriles is 1. The summed E-state index contributed by atoms with van der Waals surface area (Å²) in [6.07, 6.45) is 1.55. The number of rotatable bonds is 6. The molecular weight excluding hydrogens is 502 g/mol. The lowest BCUT2D eigenvalue weighted by Gasteiger charge is -2.30. The molecule has 2 aromatic carbocycles. The number of ether oxygens (including phenoxy) is 2. The number of thiazole rings is 1. The predicted octanol–water partition coefficient (Wildman–Crippen LogP) is 5.72. The Morgan fingerprint density at radius 3 is 2.82 bits per heavy atom. The van der Waals surface area contributed by atoms with Gasteiger partial charge in [-0.1, -0.05) is 34.1 Å². The molecule has 33 heavy (non-hydrogen) atoms. The van der Waals surface area contributed by atoms with Crippen LogP contribution >= 0.6 is 27.3 Å². The molecule has 1 aliphatic rings. The molecule has 0 amide bonds. The van der Waals surface area contributed by atoms with Crippen LogP contribution in [0.15, 0.2) is 46.3 Å². The maximum Gasteiger partial charge on any atom is 0.308 e. The zero-order chi connectivity index (χ0) is 23.4. The molecule has 0 spiro atoms. The zero-order valence-electron chi connectivity index (χ0n) is 18.5. The van der Waals surface area contributed by atoms with E-state index in [0.29, 0.717) is 12.2 Å². The summed E-state index contributed by atoms with van der Waals surface area (Å²) in [7, 11) is 1.45. The van der Waals surface area contributed by atoms with E-state index in [1.54, 1.807) is 17.4 Å². The molecular formula is C25H24BrN3O3S. The number of hydrogen-bond donors (Lipinski definition) is 0. The molecule has 0 bridgehead atoms. The Morgan fingerprint density at radius 2 is 2.09 bits per heavy atom. The van der Waals surface area contributed by atoms with Gasteiger partial charge < -0.3 is 14.4 Å². The van der Waals surface area contributed by atoms with Crippen molar-refractivity contribution >= 4 is 38.4 Å². The number of carbonyl (C=O) groups excluding carboxylic acids is 1. The van der Waals surface area contributed by atoms with Gasteiger partial charge in [0.05, 0.1) is 30.4 Å². The lowest BCUT2D eigenvalue weighted by atomic mass is 9.97. The van der Waals surface area contributed by atoms with Gasteiger partial charge in [0.25, 0.3) is 0 Å². The summed E-state index contributed by atoms with van der Waals surface area (Å²) in [5.74, 6) is 0.617. The summed E-state index contributed by atoms with van der Waals surface area (Å²) in [6.45, 7) is 3.87. The van der Waals surface area contributed by atoms with Crippen molar-refractivity contribution in [1.82, 2.24) is 4.98 Å². The first kappa shape index (κ1) is 23.3. The molecule has 1 aromatic heterocycles. The number of carbonyl (C=O) groups is 1. The van der Waals surface area contributed by atoms with Gasteiger partial charge in [0.15, 0.2) is 5.13 Å². The Balaban J connectivity index is 1.52. The minimum atomic E-state index is -0.124. The molecule has 8 heteroatoms. The number of methoxy groups -OCH3 is 1. The van der Waals surface area contributed by atoms with E-state index in [-0.39, 0.29) is 11.9 Å². The first-order valence-corrected chi connectivity index (χ1v) is 12.4. The standard InChI is InChI=1S/C25H24BrN3O3S/c1-16-4-3-5-21(23(16)32-14-18-6-7-20(26)12-19(18)13-27)22-15-33-25(28-22)29-10-8-17(9-11-29)24(30)31-2/h3-7,12,15,17H,8-11,14H2,1-2H3. The maximum atomic E-state index is 11.8. The summed E-state index contributed by atoms with van der Waals surface area (Å²) < 4.78 is 12.0. The maximum absolute atomic E-state index is 11.8. The van der Waals surface area contributed by atoms with Crippen LogP contribution < -0.4 is 9.64 Å². The van der Waals surface area contributed by atoms with Crippen molar-refractivity contribution in [3.05, 3.63) is 62.9 Å². The van der Waals surface area contributed by atoms with Crippen molar-refractivity contribution in [1.29, 1.82) is 5.26 Å². The summed E-state index contributed by atoms with van der Waals surface area (Å²) in [4.78, 5) is 18.9. The van der Waals surface area contributed by atoms with E-state index in [9.17, 15) is 10.1 Å². The number of aryl methyl sites for hydroxylation is 1. The lowest BCUT2D eigenvalue weighted by molar-refractivity contribution is -0.146. The van der Waals surface area contributed by atoms with Crippen LogP contribution in [0.2, 0.25) is 0 Å². The van der Waals surface area contributed by atoms with Gasteiger partial charge in [-0.25, -0.2) is 4.98 Å². The number of hydrogen-bond acceptors (Lipinski definition) is 7. The van der Waals surface area contributed by atoms with Crippen LogP contribution in [0.4, 0.5) is 5.13 Å². The molecule has 0 saturated carbocycles. The Bertz CT molecular complexity index is 1200. The highest BCUT2D eigenvalue weighted by Crippen LogP contribution is 2.37. The van der Waals surface area contributed by atoms with E-state index in [1.807, 2.05) is 42.6 Å². The molecule has 2 heterocycles. The van der Waals surface area contributed by atoms with Gasteiger partial charge >= 0.3 is 5.97 Å². The Hall–Kier alpha value is -2.89. The Kier molecular flexibility index (Phi) is 7.31. The number of aromatic nitrogens is 1. The summed E-state index contributed by atoms with van der Waals surface area (Å²) in [5, 5.41) is 12.4. The molecule has 6 nitrogen and oxygen atoms in total. The van der Waals surface area contributed by atoms with E-state index in [2.05, 4.69) is 26.9 Å². The smallest absolute Gasteiger partial charge is 0.308 e. The van der Waals surface area contributed by atoms with Crippen molar-refractivity contribution < 1.29 is 14.3 Å². The SMILES string of the molecule is COC(=O)C1CCN(c2nc(-c3cccc(C)c3OCc3ccc(Br)cc3C#N)cs2)CC1. The number of nitrogens with zero attached hydrogens (tertiary/aromatic N) is 3. The van der Waals surface area contributed by atoms with Crippen LogP contribution in [0.25, 0.3) is 11.3 Å². The predicted molar refractivity (Wildman–Crippen MR) is 132 cm³/mol. The summed E-state index contributed by atoms with van der Waals surface area (Å²) >= 11 is 5.01. The summed E-state index contributed by atoms with van der Waals surface area (Å²) in [6, 6.07) is 13.9. The molecule has 0 N–H and O–H groups in total. The van der Waals surface area contributed by atoms with Crippen molar-refractivity contribution in [2.45, 2.75) is 26.4 Å². The fourth-order valence-corrected chi connectivity index (χ4v) is 5.22. The van der Waals surface area contributed by atoms with Crippen molar-refractivity contribution in [3.8, 4) is 23.1 Å². The minimum Gasteiger partial charge on any atom is -0.488 e. The molecule has 0 aliphatic carbocycles. The largest absolute Gasteiger partial charge is 0.488 e. The summed E-state index contributed by atoms with van der Waals surface area (Å²) in [5.41, 5.74) is 4.22. The second-order valence-electron chi connectivity index (χ2n) is 7.95. The van der Waals surface area contributed by atoms with E-state index in [4.69, 9.17) is 14.5 Å². The third kappa shape index (κ3) is 5.21. The van der Waals surface area contributed by atoms with Crippen LogP contribution in [-0.2, 0) is 16.1 Å². The average Bonchev–Trinajstić information content (AvgIpc) is 3.33. The first-order valence-electron chi connectivity index (χ1n) is 10.7. The second-order valence-corrected chi connectivity index (χ2v) is 9.71. The number of para-hydroxylation sites is 1. The third-order valence-corrected chi connectivity index (χ3v) is 7.24. The van der Waals surface area contributed by atoms with Crippen LogP contribution in [0.1, 0.15) is 29.5 Å². The third-order valence-electron chi connectivity index (χ3n) is 5.84. The van der Waals surface area contributed by atoms with Gasteiger partial charge in [-0.05, 0) is 43.5 Å².